The largest absolute Gasteiger partial charge is 0.462 e. The van der Waals surface area contributed by atoms with Crippen molar-refractivity contribution in [2.75, 3.05) is 25.0 Å². The summed E-state index contributed by atoms with van der Waals surface area (Å²) in [6.45, 7) is 6.86. The zero-order chi connectivity index (χ0) is 16.8. The molecule has 1 aliphatic rings. The number of anilines is 1. The van der Waals surface area contributed by atoms with Gasteiger partial charge >= 0.3 is 5.97 Å². The van der Waals surface area contributed by atoms with Gasteiger partial charge in [0.25, 0.3) is 0 Å². The molecule has 0 saturated carbocycles. The number of carbonyl (C=O) groups is 1. The first-order chi connectivity index (χ1) is 11.1. The molecular formula is C16H18N4O2S. The van der Waals surface area contributed by atoms with Crippen LogP contribution in [-0.2, 0) is 17.7 Å². The van der Waals surface area contributed by atoms with Crippen LogP contribution in [0.15, 0.2) is 11.8 Å². The zero-order valence-electron chi connectivity index (χ0n) is 13.2. The topological polar surface area (TPSA) is 89.1 Å². The maximum absolute atomic E-state index is 12.3. The average molecular weight is 330 g/mol. The third-order valence-corrected chi connectivity index (χ3v) is 4.80. The smallest absolute Gasteiger partial charge is 0.341 e. The predicted octanol–water partition coefficient (Wildman–Crippen LogP) is 2.65. The van der Waals surface area contributed by atoms with Crippen molar-refractivity contribution in [3.8, 4) is 12.1 Å². The number of hydrogen-bond donors (Lipinski definition) is 1. The number of nitrogens with one attached hydrogen (secondary N) is 1. The summed E-state index contributed by atoms with van der Waals surface area (Å²) in [6.07, 6.45) is 2.13. The molecule has 0 atom stereocenters. The Balaban J connectivity index is 2.39. The van der Waals surface area contributed by atoms with E-state index in [9.17, 15) is 4.79 Å². The van der Waals surface area contributed by atoms with Gasteiger partial charge in [0.1, 0.15) is 22.7 Å². The van der Waals surface area contributed by atoms with Crippen LogP contribution in [0.4, 0.5) is 5.00 Å². The summed E-state index contributed by atoms with van der Waals surface area (Å²) in [4.78, 5) is 15.8. The molecule has 2 heterocycles. The van der Waals surface area contributed by atoms with Crippen molar-refractivity contribution >= 4 is 22.3 Å². The van der Waals surface area contributed by atoms with Crippen LogP contribution >= 0.6 is 11.3 Å². The fourth-order valence-corrected chi connectivity index (χ4v) is 3.72. The fraction of sp³-hybridized carbons (Fsp3) is 0.438. The third-order valence-electron chi connectivity index (χ3n) is 3.65. The summed E-state index contributed by atoms with van der Waals surface area (Å²) in [6, 6.07) is 3.58. The van der Waals surface area contributed by atoms with Crippen molar-refractivity contribution in [1.29, 1.82) is 10.5 Å². The minimum atomic E-state index is -0.360. The van der Waals surface area contributed by atoms with Crippen LogP contribution in [0, 0.1) is 22.7 Å². The van der Waals surface area contributed by atoms with Crippen LogP contribution in [0.1, 0.15) is 34.6 Å². The maximum Gasteiger partial charge on any atom is 0.341 e. The van der Waals surface area contributed by atoms with Crippen molar-refractivity contribution < 1.29 is 9.53 Å². The summed E-state index contributed by atoms with van der Waals surface area (Å²) >= 11 is 1.48. The van der Waals surface area contributed by atoms with E-state index in [0.717, 1.165) is 36.5 Å². The Morgan fingerprint density at radius 1 is 1.43 bits per heavy atom. The van der Waals surface area contributed by atoms with E-state index in [1.165, 1.54) is 17.5 Å². The average Bonchev–Trinajstić information content (AvgIpc) is 2.93. The Morgan fingerprint density at radius 3 is 2.78 bits per heavy atom. The fourth-order valence-electron chi connectivity index (χ4n) is 2.47. The molecular weight excluding hydrogens is 312 g/mol. The first-order valence-electron chi connectivity index (χ1n) is 7.45. The van der Waals surface area contributed by atoms with E-state index in [1.54, 1.807) is 19.1 Å². The number of esters is 1. The van der Waals surface area contributed by atoms with Gasteiger partial charge in [-0.1, -0.05) is 6.92 Å². The molecule has 0 unspecified atom stereocenters. The molecule has 0 bridgehead atoms. The van der Waals surface area contributed by atoms with Gasteiger partial charge in [-0.25, -0.2) is 4.79 Å². The molecule has 0 aromatic carbocycles. The van der Waals surface area contributed by atoms with Crippen molar-refractivity contribution in [3.05, 3.63) is 27.8 Å². The lowest BCUT2D eigenvalue weighted by Gasteiger charge is -2.25. The number of rotatable bonds is 5. The Hall–Kier alpha value is -2.35. The summed E-state index contributed by atoms with van der Waals surface area (Å²) < 4.78 is 5.17. The van der Waals surface area contributed by atoms with Gasteiger partial charge in [-0.15, -0.1) is 11.3 Å². The van der Waals surface area contributed by atoms with Crippen molar-refractivity contribution in [2.24, 2.45) is 0 Å². The molecule has 1 aromatic heterocycles. The van der Waals surface area contributed by atoms with Crippen molar-refractivity contribution in [3.63, 3.8) is 0 Å². The summed E-state index contributed by atoms with van der Waals surface area (Å²) in [5, 5.41) is 21.2. The molecule has 0 aliphatic carbocycles. The molecule has 0 amide bonds. The molecule has 0 saturated heterocycles. The maximum atomic E-state index is 12.3. The van der Waals surface area contributed by atoms with Gasteiger partial charge < -0.3 is 10.1 Å². The van der Waals surface area contributed by atoms with Gasteiger partial charge in [0, 0.05) is 24.2 Å². The normalized spacial score (nSPS) is 13.4. The van der Waals surface area contributed by atoms with Gasteiger partial charge in [-0.2, -0.15) is 10.5 Å². The molecule has 1 N–H and O–H groups in total. The third kappa shape index (κ3) is 3.70. The van der Waals surface area contributed by atoms with E-state index in [1.807, 2.05) is 0 Å². The molecule has 1 aromatic rings. The number of likely N-dealkylation sites (N-methyl/N-ethyl adjacent to an activating group) is 1. The van der Waals surface area contributed by atoms with Crippen LogP contribution in [-0.4, -0.2) is 30.6 Å². The monoisotopic (exact) mass is 330 g/mol. The molecule has 23 heavy (non-hydrogen) atoms. The van der Waals surface area contributed by atoms with E-state index in [-0.39, 0.29) is 11.5 Å². The van der Waals surface area contributed by atoms with Crippen LogP contribution < -0.4 is 5.32 Å². The summed E-state index contributed by atoms with van der Waals surface area (Å²) in [7, 11) is 0. The van der Waals surface area contributed by atoms with E-state index in [2.05, 4.69) is 17.1 Å². The van der Waals surface area contributed by atoms with Gasteiger partial charge in [0.05, 0.1) is 12.2 Å². The molecule has 120 valence electrons. The molecule has 0 fully saturated rings. The van der Waals surface area contributed by atoms with Crippen LogP contribution in [0.25, 0.3) is 0 Å². The number of carbonyl (C=O) groups excluding carboxylic acids is 1. The van der Waals surface area contributed by atoms with Crippen LogP contribution in [0.3, 0.4) is 0 Å². The van der Waals surface area contributed by atoms with Gasteiger partial charge in [-0.05, 0) is 25.5 Å². The lowest BCUT2D eigenvalue weighted by atomic mass is 10.0. The molecule has 0 radical (unpaired) electrons. The highest BCUT2D eigenvalue weighted by Gasteiger charge is 2.28. The first-order valence-corrected chi connectivity index (χ1v) is 8.27. The quantitative estimate of drug-likeness (QED) is 0.659. The summed E-state index contributed by atoms with van der Waals surface area (Å²) in [5.41, 5.74) is 1.51. The Labute approximate surface area is 139 Å². The Kier molecular flexibility index (Phi) is 5.75. The van der Waals surface area contributed by atoms with E-state index < -0.39 is 0 Å². The van der Waals surface area contributed by atoms with E-state index in [4.69, 9.17) is 15.3 Å². The van der Waals surface area contributed by atoms with Crippen molar-refractivity contribution in [2.45, 2.75) is 26.8 Å². The standard InChI is InChI=1S/C16H18N4O2S/c1-3-20-6-5-12-13(10-20)23-15(14(12)16(21)22-4-2)19-9-11(7-17)8-18/h9,19H,3-6,10H2,1-2H3. The van der Waals surface area contributed by atoms with E-state index in [0.29, 0.717) is 17.2 Å². The number of hydrogen-bond acceptors (Lipinski definition) is 7. The lowest BCUT2D eigenvalue weighted by molar-refractivity contribution is 0.0526. The highest BCUT2D eigenvalue weighted by Crippen LogP contribution is 2.37. The second-order valence-electron chi connectivity index (χ2n) is 4.97. The Morgan fingerprint density at radius 2 is 2.17 bits per heavy atom. The van der Waals surface area contributed by atoms with E-state index >= 15 is 0 Å². The minimum Gasteiger partial charge on any atom is -0.462 e. The van der Waals surface area contributed by atoms with Gasteiger partial charge in [0.15, 0.2) is 0 Å². The van der Waals surface area contributed by atoms with Crippen LogP contribution in [0.2, 0.25) is 0 Å². The minimum absolute atomic E-state index is 0.0404. The molecule has 6 nitrogen and oxygen atoms in total. The highest BCUT2D eigenvalue weighted by molar-refractivity contribution is 7.16. The second kappa shape index (κ2) is 7.77. The van der Waals surface area contributed by atoms with Gasteiger partial charge in [0.2, 0.25) is 0 Å². The zero-order valence-corrected chi connectivity index (χ0v) is 14.0. The SMILES string of the molecule is CCOC(=O)c1c(NC=C(C#N)C#N)sc2c1CCN(CC)C2. The molecule has 1 aliphatic heterocycles. The second-order valence-corrected chi connectivity index (χ2v) is 6.08. The number of fused-ring (bicyclic) bond motifs is 1. The van der Waals surface area contributed by atoms with Gasteiger partial charge in [-0.3, -0.25) is 4.90 Å². The van der Waals surface area contributed by atoms with Crippen LogP contribution in [0.5, 0.6) is 0 Å². The summed E-state index contributed by atoms with van der Waals surface area (Å²) in [5.74, 6) is -0.360. The number of nitrogens with zero attached hydrogens (tertiary/aromatic N) is 3. The number of nitriles is 2. The molecule has 0 spiro atoms. The first kappa shape index (κ1) is 17.0. The van der Waals surface area contributed by atoms with Crippen molar-refractivity contribution in [1.82, 2.24) is 4.90 Å². The predicted molar refractivity (Wildman–Crippen MR) is 87.9 cm³/mol. The molecule has 7 heteroatoms. The highest BCUT2D eigenvalue weighted by atomic mass is 32.1. The number of allylic oxidation sites excluding steroid dienone is 1. The lowest BCUT2D eigenvalue weighted by Crippen LogP contribution is -2.30. The number of ether oxygens (including phenoxy) is 1. The number of thiophene rings is 1. The molecule has 2 rings (SSSR count). The Bertz CT molecular complexity index is 693.